The molecule has 22 heavy (non-hydrogen) atoms. The van der Waals surface area contributed by atoms with E-state index in [1.807, 2.05) is 31.3 Å². The van der Waals surface area contributed by atoms with Gasteiger partial charge in [0.1, 0.15) is 5.75 Å². The molecule has 2 aromatic carbocycles. The van der Waals surface area contributed by atoms with E-state index in [4.69, 9.17) is 4.74 Å². The molecule has 0 aromatic heterocycles. The largest absolute Gasteiger partial charge is 0.497 e. The predicted octanol–water partition coefficient (Wildman–Crippen LogP) is 3.85. The van der Waals surface area contributed by atoms with Gasteiger partial charge in [0.25, 0.3) is 0 Å². The summed E-state index contributed by atoms with van der Waals surface area (Å²) in [4.78, 5) is 2.16. The number of hydrogen-bond donors (Lipinski definition) is 0. The van der Waals surface area contributed by atoms with Crippen LogP contribution in [-0.2, 0) is 6.54 Å². The van der Waals surface area contributed by atoms with E-state index in [9.17, 15) is 8.78 Å². The molecule has 114 valence electrons. The topological polar surface area (TPSA) is 12.5 Å². The first-order valence-corrected chi connectivity index (χ1v) is 7.10. The van der Waals surface area contributed by atoms with E-state index >= 15 is 0 Å². The lowest BCUT2D eigenvalue weighted by atomic mass is 9.94. The first kappa shape index (κ1) is 14.7. The van der Waals surface area contributed by atoms with E-state index in [2.05, 4.69) is 4.90 Å². The lowest BCUT2D eigenvalue weighted by Crippen LogP contribution is -2.16. The maximum atomic E-state index is 13.6. The number of ether oxygens (including phenoxy) is 1. The van der Waals surface area contributed by atoms with E-state index in [0.717, 1.165) is 35.5 Å². The monoisotopic (exact) mass is 301 g/mol. The average Bonchev–Trinajstić information content (AvgIpc) is 2.67. The number of rotatable bonds is 2. The van der Waals surface area contributed by atoms with Crippen molar-refractivity contribution in [2.45, 2.75) is 6.54 Å². The van der Waals surface area contributed by atoms with Crippen LogP contribution in [0, 0.1) is 11.6 Å². The van der Waals surface area contributed by atoms with E-state index in [-0.39, 0.29) is 0 Å². The number of methoxy groups -OCH3 is 1. The Labute approximate surface area is 128 Å². The van der Waals surface area contributed by atoms with Gasteiger partial charge in [-0.15, -0.1) is 0 Å². The van der Waals surface area contributed by atoms with Gasteiger partial charge in [-0.1, -0.05) is 18.2 Å². The van der Waals surface area contributed by atoms with Gasteiger partial charge in [0.2, 0.25) is 0 Å². The summed E-state index contributed by atoms with van der Waals surface area (Å²) in [5.41, 5.74) is 3.73. The van der Waals surface area contributed by atoms with Crippen molar-refractivity contribution >= 4 is 5.57 Å². The second-order valence-electron chi connectivity index (χ2n) is 5.47. The molecule has 1 aliphatic rings. The van der Waals surface area contributed by atoms with Crippen molar-refractivity contribution in [1.82, 2.24) is 4.90 Å². The molecule has 0 bridgehead atoms. The molecule has 4 heteroatoms. The molecule has 2 aromatic rings. The molecule has 0 amide bonds. The van der Waals surface area contributed by atoms with E-state index in [0.29, 0.717) is 5.56 Å². The number of fused-ring (bicyclic) bond motifs is 1. The molecule has 0 saturated carbocycles. The van der Waals surface area contributed by atoms with Crippen molar-refractivity contribution in [1.29, 1.82) is 0 Å². The molecule has 0 radical (unpaired) electrons. The average molecular weight is 301 g/mol. The molecule has 2 nitrogen and oxygen atoms in total. The van der Waals surface area contributed by atoms with Crippen molar-refractivity contribution in [3.63, 3.8) is 0 Å². The Morgan fingerprint density at radius 1 is 1.05 bits per heavy atom. The van der Waals surface area contributed by atoms with Crippen LogP contribution in [0.5, 0.6) is 5.75 Å². The van der Waals surface area contributed by atoms with Crippen LogP contribution in [0.2, 0.25) is 0 Å². The van der Waals surface area contributed by atoms with Crippen LogP contribution in [0.4, 0.5) is 8.78 Å². The van der Waals surface area contributed by atoms with Gasteiger partial charge in [-0.25, -0.2) is 8.78 Å². The third-order valence-corrected chi connectivity index (χ3v) is 3.88. The van der Waals surface area contributed by atoms with Crippen LogP contribution >= 0.6 is 0 Å². The Hall–Kier alpha value is -2.20. The number of halogens is 2. The highest BCUT2D eigenvalue weighted by atomic mass is 19.2. The number of nitrogens with zero attached hydrogens (tertiary/aromatic N) is 1. The van der Waals surface area contributed by atoms with E-state index in [1.165, 1.54) is 12.1 Å². The van der Waals surface area contributed by atoms with Gasteiger partial charge < -0.3 is 4.74 Å². The molecular weight excluding hydrogens is 284 g/mol. The second-order valence-corrected chi connectivity index (χ2v) is 5.47. The second kappa shape index (κ2) is 5.89. The van der Waals surface area contributed by atoms with Gasteiger partial charge >= 0.3 is 0 Å². The number of likely N-dealkylation sites (N-methyl/N-ethyl adjacent to an activating group) is 1. The summed E-state index contributed by atoms with van der Waals surface area (Å²) >= 11 is 0. The highest BCUT2D eigenvalue weighted by Gasteiger charge is 2.17. The predicted molar refractivity (Wildman–Crippen MR) is 82.8 cm³/mol. The molecular formula is C18H17F2NO. The molecule has 0 aliphatic carbocycles. The van der Waals surface area contributed by atoms with Gasteiger partial charge in [-0.3, -0.25) is 4.90 Å². The molecule has 0 unspecified atom stereocenters. The van der Waals surface area contributed by atoms with Crippen molar-refractivity contribution in [3.8, 4) is 5.75 Å². The fourth-order valence-electron chi connectivity index (χ4n) is 2.74. The van der Waals surface area contributed by atoms with Crippen LogP contribution in [0.3, 0.4) is 0 Å². The fourth-order valence-corrected chi connectivity index (χ4v) is 2.74. The summed E-state index contributed by atoms with van der Waals surface area (Å²) in [6.07, 6.45) is 2.05. The molecule has 0 spiro atoms. The Morgan fingerprint density at radius 2 is 1.86 bits per heavy atom. The van der Waals surface area contributed by atoms with Crippen LogP contribution in [0.25, 0.3) is 5.57 Å². The quantitative estimate of drug-likeness (QED) is 0.835. The van der Waals surface area contributed by atoms with E-state index < -0.39 is 11.6 Å². The third kappa shape index (κ3) is 2.74. The zero-order valence-electron chi connectivity index (χ0n) is 12.6. The molecule has 0 fully saturated rings. The van der Waals surface area contributed by atoms with Gasteiger partial charge in [-0.05, 0) is 53.6 Å². The number of benzene rings is 2. The Bertz CT molecular complexity index is 740. The van der Waals surface area contributed by atoms with Crippen molar-refractivity contribution in [3.05, 3.63) is 70.8 Å². The minimum absolute atomic E-state index is 0.681. The maximum Gasteiger partial charge on any atom is 0.159 e. The lowest BCUT2D eigenvalue weighted by molar-refractivity contribution is 0.363. The van der Waals surface area contributed by atoms with Gasteiger partial charge in [0.15, 0.2) is 11.6 Å². The fraction of sp³-hybridized carbons (Fsp3) is 0.222. The molecule has 0 N–H and O–H groups in total. The summed E-state index contributed by atoms with van der Waals surface area (Å²) < 4.78 is 32.0. The summed E-state index contributed by atoms with van der Waals surface area (Å²) in [5, 5.41) is 0. The van der Waals surface area contributed by atoms with Crippen LogP contribution in [0.1, 0.15) is 16.7 Å². The Morgan fingerprint density at radius 3 is 2.59 bits per heavy atom. The summed E-state index contributed by atoms with van der Waals surface area (Å²) in [7, 11) is 3.65. The van der Waals surface area contributed by atoms with Crippen molar-refractivity contribution in [2.24, 2.45) is 0 Å². The summed E-state index contributed by atoms with van der Waals surface area (Å²) in [6, 6.07) is 9.89. The molecule has 3 rings (SSSR count). The van der Waals surface area contributed by atoms with Gasteiger partial charge in [0, 0.05) is 13.1 Å². The molecule has 1 heterocycles. The minimum Gasteiger partial charge on any atom is -0.497 e. The first-order chi connectivity index (χ1) is 10.6. The molecule has 1 aliphatic heterocycles. The smallest absolute Gasteiger partial charge is 0.159 e. The van der Waals surface area contributed by atoms with Gasteiger partial charge in [-0.2, -0.15) is 0 Å². The highest BCUT2D eigenvalue weighted by Crippen LogP contribution is 2.32. The van der Waals surface area contributed by atoms with Crippen LogP contribution in [0.15, 0.2) is 42.5 Å². The lowest BCUT2D eigenvalue weighted by Gasteiger charge is -2.15. The highest BCUT2D eigenvalue weighted by molar-refractivity contribution is 5.82. The summed E-state index contributed by atoms with van der Waals surface area (Å²) in [5.74, 6) is -0.866. The summed E-state index contributed by atoms with van der Waals surface area (Å²) in [6.45, 7) is 1.52. The third-order valence-electron chi connectivity index (χ3n) is 3.88. The maximum absolute atomic E-state index is 13.6. The van der Waals surface area contributed by atoms with Crippen LogP contribution in [-0.4, -0.2) is 25.6 Å². The Kier molecular flexibility index (Phi) is 3.94. The normalized spacial score (nSPS) is 15.0. The SMILES string of the molecule is COc1ccc2c(c1)CN(C)CC=C2c1ccc(F)c(F)c1. The van der Waals surface area contributed by atoms with Gasteiger partial charge in [0.05, 0.1) is 7.11 Å². The Balaban J connectivity index is 2.13. The van der Waals surface area contributed by atoms with Crippen molar-refractivity contribution < 1.29 is 13.5 Å². The number of hydrogen-bond acceptors (Lipinski definition) is 2. The van der Waals surface area contributed by atoms with Crippen molar-refractivity contribution in [2.75, 3.05) is 20.7 Å². The standard InChI is InChI=1S/C18H17F2NO/c1-21-8-7-16(12-3-6-17(19)18(20)10-12)15-5-4-14(22-2)9-13(15)11-21/h3-7,9-10H,8,11H2,1-2H3. The molecule has 0 atom stereocenters. The molecule has 0 saturated heterocycles. The van der Waals surface area contributed by atoms with E-state index in [1.54, 1.807) is 13.2 Å². The first-order valence-electron chi connectivity index (χ1n) is 7.10. The zero-order valence-corrected chi connectivity index (χ0v) is 12.6. The minimum atomic E-state index is -0.829. The van der Waals surface area contributed by atoms with Crippen LogP contribution < -0.4 is 4.74 Å². The zero-order chi connectivity index (χ0) is 15.7.